The second kappa shape index (κ2) is 7.88. The summed E-state index contributed by atoms with van der Waals surface area (Å²) in [5.74, 6) is -2.96. The first-order chi connectivity index (χ1) is 14.9. The standard InChI is InChI=1S/C23H25F3N2O3S/c1-13-12-28(21(13)14(2)27-32(3,30)31)22(29)17-11-23(17,26)16-8-5-4-7-15(16)20-18(24)9-6-10-19(20)25/h4-10,13-14,17,21,27H,11-12H2,1-3H3/t13-,14?,17+,21+,23-/m1/s1. The van der Waals surface area contributed by atoms with Gasteiger partial charge in [0.05, 0.1) is 23.8 Å². The van der Waals surface area contributed by atoms with Crippen LogP contribution in [0.5, 0.6) is 0 Å². The summed E-state index contributed by atoms with van der Waals surface area (Å²) in [4.78, 5) is 14.7. The van der Waals surface area contributed by atoms with E-state index in [0.29, 0.717) is 6.54 Å². The maximum atomic E-state index is 16.0. The highest BCUT2D eigenvalue weighted by Crippen LogP contribution is 2.59. The number of carbonyl (C=O) groups is 1. The Labute approximate surface area is 185 Å². The first kappa shape index (κ1) is 22.8. The number of alkyl halides is 1. The number of carbonyl (C=O) groups excluding carboxylic acids is 1. The van der Waals surface area contributed by atoms with Crippen LogP contribution in [0.2, 0.25) is 0 Å². The molecule has 2 aliphatic rings. The van der Waals surface area contributed by atoms with E-state index in [2.05, 4.69) is 4.72 Å². The molecule has 9 heteroatoms. The Morgan fingerprint density at radius 2 is 1.78 bits per heavy atom. The molecule has 0 bridgehead atoms. The molecule has 1 amide bonds. The van der Waals surface area contributed by atoms with Gasteiger partial charge in [0.1, 0.15) is 17.3 Å². The third kappa shape index (κ3) is 3.92. The molecule has 2 fully saturated rings. The van der Waals surface area contributed by atoms with Gasteiger partial charge in [0.15, 0.2) is 0 Å². The average molecular weight is 467 g/mol. The van der Waals surface area contributed by atoms with Gasteiger partial charge >= 0.3 is 0 Å². The minimum absolute atomic E-state index is 0.0516. The van der Waals surface area contributed by atoms with Crippen molar-refractivity contribution in [1.82, 2.24) is 9.62 Å². The number of rotatable bonds is 6. The van der Waals surface area contributed by atoms with E-state index in [-0.39, 0.29) is 35.1 Å². The minimum Gasteiger partial charge on any atom is -0.337 e. The van der Waals surface area contributed by atoms with Crippen LogP contribution in [-0.2, 0) is 20.5 Å². The molecule has 172 valence electrons. The SMILES string of the molecule is CC(NS(C)(=O)=O)[C@@H]1[C@H](C)CN1C(=O)[C@@H]1C[C@@]1(F)c1ccccc1-c1c(F)cccc1F. The van der Waals surface area contributed by atoms with Crippen molar-refractivity contribution in [1.29, 1.82) is 0 Å². The van der Waals surface area contributed by atoms with Crippen LogP contribution >= 0.6 is 0 Å². The Hall–Kier alpha value is -2.39. The molecular weight excluding hydrogens is 441 g/mol. The van der Waals surface area contributed by atoms with Crippen molar-refractivity contribution in [2.75, 3.05) is 12.8 Å². The second-order valence-corrected chi connectivity index (χ2v) is 10.7. The van der Waals surface area contributed by atoms with E-state index >= 15 is 4.39 Å². The van der Waals surface area contributed by atoms with Crippen molar-refractivity contribution in [3.8, 4) is 11.1 Å². The number of benzene rings is 2. The summed E-state index contributed by atoms with van der Waals surface area (Å²) in [5.41, 5.74) is -2.20. The van der Waals surface area contributed by atoms with Crippen LogP contribution in [0.3, 0.4) is 0 Å². The second-order valence-electron chi connectivity index (χ2n) is 8.90. The Morgan fingerprint density at radius 1 is 1.16 bits per heavy atom. The number of halogens is 3. The molecule has 4 rings (SSSR count). The number of hydrogen-bond donors (Lipinski definition) is 1. The van der Waals surface area contributed by atoms with Crippen molar-refractivity contribution in [3.63, 3.8) is 0 Å². The van der Waals surface area contributed by atoms with Crippen LogP contribution < -0.4 is 4.72 Å². The van der Waals surface area contributed by atoms with Gasteiger partial charge in [-0.25, -0.2) is 26.3 Å². The number of nitrogens with zero attached hydrogens (tertiary/aromatic N) is 1. The number of nitrogens with one attached hydrogen (secondary N) is 1. The summed E-state index contributed by atoms with van der Waals surface area (Å²) in [7, 11) is -3.47. The molecule has 1 N–H and O–H groups in total. The highest BCUT2D eigenvalue weighted by molar-refractivity contribution is 7.88. The molecule has 5 atom stereocenters. The lowest BCUT2D eigenvalue weighted by molar-refractivity contribution is -0.147. The number of hydrogen-bond acceptors (Lipinski definition) is 3. The molecule has 2 aromatic rings. The topological polar surface area (TPSA) is 66.5 Å². The van der Waals surface area contributed by atoms with Crippen molar-refractivity contribution < 1.29 is 26.4 Å². The summed E-state index contributed by atoms with van der Waals surface area (Å²) in [5, 5.41) is 0. The largest absolute Gasteiger partial charge is 0.337 e. The van der Waals surface area contributed by atoms with Crippen molar-refractivity contribution in [3.05, 3.63) is 59.7 Å². The molecule has 5 nitrogen and oxygen atoms in total. The van der Waals surface area contributed by atoms with Crippen LogP contribution in [0.4, 0.5) is 13.2 Å². The summed E-state index contributed by atoms with van der Waals surface area (Å²) in [6.45, 7) is 3.98. The zero-order valence-corrected chi connectivity index (χ0v) is 18.8. The van der Waals surface area contributed by atoms with Crippen LogP contribution in [-0.4, -0.2) is 44.1 Å². The molecule has 0 spiro atoms. The van der Waals surface area contributed by atoms with Crippen molar-refractivity contribution in [2.24, 2.45) is 11.8 Å². The summed E-state index contributed by atoms with van der Waals surface area (Å²) in [6.07, 6.45) is 0.954. The van der Waals surface area contributed by atoms with Gasteiger partial charge in [-0.3, -0.25) is 4.79 Å². The highest BCUT2D eigenvalue weighted by Gasteiger charge is 2.64. The summed E-state index contributed by atoms with van der Waals surface area (Å²) >= 11 is 0. The smallest absolute Gasteiger partial charge is 0.229 e. The number of sulfonamides is 1. The quantitative estimate of drug-likeness (QED) is 0.708. The van der Waals surface area contributed by atoms with E-state index in [1.807, 2.05) is 6.92 Å². The maximum absolute atomic E-state index is 16.0. The minimum atomic E-state index is -3.47. The van der Waals surface area contributed by atoms with Crippen LogP contribution in [0, 0.1) is 23.5 Å². The monoisotopic (exact) mass is 466 g/mol. The van der Waals surface area contributed by atoms with Crippen molar-refractivity contribution in [2.45, 2.75) is 38.0 Å². The normalized spacial score (nSPS) is 28.2. The van der Waals surface area contributed by atoms with E-state index in [4.69, 9.17) is 0 Å². The van der Waals surface area contributed by atoms with E-state index in [0.717, 1.165) is 18.4 Å². The summed E-state index contributed by atoms with van der Waals surface area (Å²) in [6, 6.07) is 8.59. The molecule has 1 aliphatic heterocycles. The Balaban J connectivity index is 1.60. The fraction of sp³-hybridized carbons (Fsp3) is 0.435. The van der Waals surface area contributed by atoms with Gasteiger partial charge in [0, 0.05) is 19.0 Å². The molecule has 1 saturated carbocycles. The maximum Gasteiger partial charge on any atom is 0.229 e. The zero-order chi connectivity index (χ0) is 23.4. The molecule has 32 heavy (non-hydrogen) atoms. The number of amides is 1. The summed E-state index contributed by atoms with van der Waals surface area (Å²) < 4.78 is 70.4. The molecule has 1 unspecified atom stereocenters. The predicted molar refractivity (Wildman–Crippen MR) is 115 cm³/mol. The van der Waals surface area contributed by atoms with E-state index in [9.17, 15) is 22.0 Å². The lowest BCUT2D eigenvalue weighted by atomic mass is 9.85. The fourth-order valence-corrected chi connectivity index (χ4v) is 5.77. The van der Waals surface area contributed by atoms with Crippen LogP contribution in [0.25, 0.3) is 11.1 Å². The molecular formula is C23H25F3N2O3S. The van der Waals surface area contributed by atoms with Gasteiger partial charge in [-0.1, -0.05) is 37.3 Å². The van der Waals surface area contributed by atoms with Gasteiger partial charge in [-0.05, 0) is 36.1 Å². The van der Waals surface area contributed by atoms with E-state index in [1.165, 1.54) is 23.1 Å². The first-order valence-electron chi connectivity index (χ1n) is 10.4. The Bertz CT molecular complexity index is 1150. The van der Waals surface area contributed by atoms with Gasteiger partial charge in [-0.2, -0.15) is 0 Å². The van der Waals surface area contributed by atoms with Gasteiger partial charge in [0.25, 0.3) is 0 Å². The van der Waals surface area contributed by atoms with Gasteiger partial charge in [-0.15, -0.1) is 0 Å². The van der Waals surface area contributed by atoms with Gasteiger partial charge < -0.3 is 4.90 Å². The molecule has 1 aliphatic carbocycles. The van der Waals surface area contributed by atoms with Crippen LogP contribution in [0.1, 0.15) is 25.8 Å². The molecule has 0 aromatic heterocycles. The Morgan fingerprint density at radius 3 is 2.38 bits per heavy atom. The third-order valence-electron chi connectivity index (χ3n) is 6.42. The number of likely N-dealkylation sites (tertiary alicyclic amines) is 1. The molecule has 1 heterocycles. The van der Waals surface area contributed by atoms with E-state index < -0.39 is 45.2 Å². The first-order valence-corrected chi connectivity index (χ1v) is 12.3. The van der Waals surface area contributed by atoms with E-state index in [1.54, 1.807) is 19.1 Å². The van der Waals surface area contributed by atoms with Crippen molar-refractivity contribution >= 4 is 15.9 Å². The highest BCUT2D eigenvalue weighted by atomic mass is 32.2. The Kier molecular flexibility index (Phi) is 5.61. The van der Waals surface area contributed by atoms with Gasteiger partial charge in [0.2, 0.25) is 15.9 Å². The predicted octanol–water partition coefficient (Wildman–Crippen LogP) is 3.60. The van der Waals surface area contributed by atoms with Crippen LogP contribution in [0.15, 0.2) is 42.5 Å². The lowest BCUT2D eigenvalue weighted by Crippen LogP contribution is -2.65. The third-order valence-corrected chi connectivity index (χ3v) is 7.22. The fourth-order valence-electron chi connectivity index (χ4n) is 4.95. The zero-order valence-electron chi connectivity index (χ0n) is 18.0. The molecule has 2 aromatic carbocycles. The lowest BCUT2D eigenvalue weighted by Gasteiger charge is -2.50. The molecule has 0 radical (unpaired) electrons. The average Bonchev–Trinajstić information content (AvgIpc) is 3.37. The molecule has 1 saturated heterocycles.